The van der Waals surface area contributed by atoms with E-state index in [2.05, 4.69) is 10.5 Å². The van der Waals surface area contributed by atoms with E-state index >= 15 is 0 Å². The summed E-state index contributed by atoms with van der Waals surface area (Å²) in [6.07, 6.45) is 0. The Kier molecular flexibility index (Phi) is 2.87. The number of hydrogen-bond donors (Lipinski definition) is 0. The van der Waals surface area contributed by atoms with Crippen molar-refractivity contribution in [3.8, 4) is 22.8 Å². The summed E-state index contributed by atoms with van der Waals surface area (Å²) in [5.74, 6) is 1.42. The molecule has 3 nitrogen and oxygen atoms in total. The van der Waals surface area contributed by atoms with Crippen molar-refractivity contribution in [2.24, 2.45) is 0 Å². The van der Waals surface area contributed by atoms with Crippen LogP contribution in [0.2, 0.25) is 0 Å². The monoisotopic (exact) mass is 220 g/mol. The van der Waals surface area contributed by atoms with E-state index in [9.17, 15) is 0 Å². The van der Waals surface area contributed by atoms with Crippen LogP contribution in [0.5, 0.6) is 11.5 Å². The van der Waals surface area contributed by atoms with E-state index in [1.165, 1.54) is 11.3 Å². The summed E-state index contributed by atoms with van der Waals surface area (Å²) in [7, 11) is 3.24. The highest BCUT2D eigenvalue weighted by molar-refractivity contribution is 7.07. The van der Waals surface area contributed by atoms with Crippen LogP contribution in [0.3, 0.4) is 0 Å². The Morgan fingerprint density at radius 1 is 1.27 bits per heavy atom. The Hall–Kier alpha value is -1.55. The first-order chi connectivity index (χ1) is 7.36. The van der Waals surface area contributed by atoms with Crippen molar-refractivity contribution in [1.82, 2.24) is 4.98 Å². The zero-order valence-corrected chi connectivity index (χ0v) is 9.30. The molecule has 1 aromatic heterocycles. The molecule has 0 unspecified atom stereocenters. The van der Waals surface area contributed by atoms with Gasteiger partial charge in [-0.25, -0.2) is 4.98 Å². The summed E-state index contributed by atoms with van der Waals surface area (Å²) in [5, 5.41) is 1.93. The molecular weight excluding hydrogens is 210 g/mol. The van der Waals surface area contributed by atoms with Crippen LogP contribution < -0.4 is 9.47 Å². The number of rotatable bonds is 3. The Morgan fingerprint density at radius 2 is 2.13 bits per heavy atom. The molecule has 0 atom stereocenters. The highest BCUT2D eigenvalue weighted by atomic mass is 32.1. The first-order valence-electron chi connectivity index (χ1n) is 4.39. The maximum atomic E-state index is 5.32. The van der Waals surface area contributed by atoms with E-state index < -0.39 is 0 Å². The lowest BCUT2D eigenvalue weighted by Gasteiger charge is -2.10. The average molecular weight is 220 g/mol. The number of aromatic nitrogens is 1. The molecule has 0 fully saturated rings. The molecule has 0 aliphatic rings. The van der Waals surface area contributed by atoms with Gasteiger partial charge in [0, 0.05) is 10.9 Å². The van der Waals surface area contributed by atoms with Crippen molar-refractivity contribution in [2.75, 3.05) is 14.2 Å². The van der Waals surface area contributed by atoms with Crippen LogP contribution in [0.25, 0.3) is 11.3 Å². The summed E-state index contributed by atoms with van der Waals surface area (Å²) in [5.41, 5.74) is 4.59. The third kappa shape index (κ3) is 1.80. The second-order valence-corrected chi connectivity index (χ2v) is 3.52. The summed E-state index contributed by atoms with van der Waals surface area (Å²) in [4.78, 5) is 4.13. The molecule has 0 spiro atoms. The minimum Gasteiger partial charge on any atom is -0.493 e. The molecule has 0 saturated heterocycles. The molecule has 2 rings (SSSR count). The maximum absolute atomic E-state index is 5.32. The highest BCUT2D eigenvalue weighted by Gasteiger charge is 2.12. The minimum absolute atomic E-state index is 0.708. The van der Waals surface area contributed by atoms with Crippen LogP contribution in [0.1, 0.15) is 0 Å². The number of methoxy groups -OCH3 is 2. The average Bonchev–Trinajstić information content (AvgIpc) is 2.81. The third-order valence-electron chi connectivity index (χ3n) is 2.07. The molecule has 0 N–H and O–H groups in total. The zero-order chi connectivity index (χ0) is 10.7. The van der Waals surface area contributed by atoms with E-state index in [1.54, 1.807) is 14.2 Å². The molecule has 77 valence electrons. The molecule has 0 amide bonds. The van der Waals surface area contributed by atoms with Gasteiger partial charge in [-0.05, 0) is 12.1 Å². The molecule has 1 heterocycles. The van der Waals surface area contributed by atoms with Crippen LogP contribution in [-0.4, -0.2) is 19.2 Å². The van der Waals surface area contributed by atoms with Crippen molar-refractivity contribution in [1.29, 1.82) is 0 Å². The van der Waals surface area contributed by atoms with Crippen LogP contribution in [-0.2, 0) is 0 Å². The molecule has 2 aromatic rings. The Labute approximate surface area is 92.3 Å². The quantitative estimate of drug-likeness (QED) is 0.796. The Balaban J connectivity index is 2.56. The van der Waals surface area contributed by atoms with Crippen molar-refractivity contribution in [2.45, 2.75) is 0 Å². The van der Waals surface area contributed by atoms with Gasteiger partial charge in [0.1, 0.15) is 0 Å². The lowest BCUT2D eigenvalue weighted by atomic mass is 10.1. The van der Waals surface area contributed by atoms with Crippen LogP contribution >= 0.6 is 11.3 Å². The number of nitrogens with zero attached hydrogens (tertiary/aromatic N) is 1. The normalized spacial score (nSPS) is 10.0. The molecular formula is C11H10NO2S. The number of benzene rings is 1. The third-order valence-corrected chi connectivity index (χ3v) is 2.61. The van der Waals surface area contributed by atoms with Gasteiger partial charge in [0.2, 0.25) is 0 Å². The Morgan fingerprint density at radius 3 is 2.73 bits per heavy atom. The van der Waals surface area contributed by atoms with Crippen molar-refractivity contribution in [3.05, 3.63) is 29.1 Å². The van der Waals surface area contributed by atoms with Crippen molar-refractivity contribution < 1.29 is 9.47 Å². The summed E-state index contributed by atoms with van der Waals surface area (Å²) in [6, 6.07) is 5.72. The SMILES string of the molecule is COc1cccc(-c2cs[c]n2)c1OC. The van der Waals surface area contributed by atoms with Crippen LogP contribution in [0, 0.1) is 5.51 Å². The van der Waals surface area contributed by atoms with Gasteiger partial charge in [-0.15, -0.1) is 11.3 Å². The molecule has 1 radical (unpaired) electrons. The van der Waals surface area contributed by atoms with E-state index in [-0.39, 0.29) is 0 Å². The minimum atomic E-state index is 0.708. The Bertz CT molecular complexity index is 440. The summed E-state index contributed by atoms with van der Waals surface area (Å²) < 4.78 is 10.5. The fourth-order valence-corrected chi connectivity index (χ4v) is 1.89. The van der Waals surface area contributed by atoms with E-state index in [1.807, 2.05) is 23.6 Å². The second-order valence-electron chi connectivity index (χ2n) is 2.87. The first-order valence-corrected chi connectivity index (χ1v) is 5.27. The smallest absolute Gasteiger partial charge is 0.170 e. The summed E-state index contributed by atoms with van der Waals surface area (Å²) in [6.45, 7) is 0. The predicted octanol–water partition coefficient (Wildman–Crippen LogP) is 2.63. The van der Waals surface area contributed by atoms with Gasteiger partial charge in [0.05, 0.1) is 19.9 Å². The molecule has 0 saturated carbocycles. The lowest BCUT2D eigenvalue weighted by Crippen LogP contribution is -1.92. The fraction of sp³-hybridized carbons (Fsp3) is 0.182. The van der Waals surface area contributed by atoms with Gasteiger partial charge < -0.3 is 9.47 Å². The molecule has 1 aromatic carbocycles. The number of thiazole rings is 1. The topological polar surface area (TPSA) is 31.4 Å². The first kappa shape index (κ1) is 9.98. The van der Waals surface area contributed by atoms with E-state index in [0.29, 0.717) is 11.5 Å². The molecule has 4 heteroatoms. The van der Waals surface area contributed by atoms with Crippen molar-refractivity contribution in [3.63, 3.8) is 0 Å². The largest absolute Gasteiger partial charge is 0.493 e. The molecule has 0 aliphatic heterocycles. The molecule has 15 heavy (non-hydrogen) atoms. The lowest BCUT2D eigenvalue weighted by molar-refractivity contribution is 0.356. The fourth-order valence-electron chi connectivity index (χ4n) is 1.40. The zero-order valence-electron chi connectivity index (χ0n) is 8.48. The van der Waals surface area contributed by atoms with E-state index in [4.69, 9.17) is 9.47 Å². The van der Waals surface area contributed by atoms with Crippen molar-refractivity contribution >= 4 is 11.3 Å². The predicted molar refractivity (Wildman–Crippen MR) is 59.5 cm³/mol. The van der Waals surface area contributed by atoms with Gasteiger partial charge in [-0.3, -0.25) is 0 Å². The highest BCUT2D eigenvalue weighted by Crippen LogP contribution is 2.37. The van der Waals surface area contributed by atoms with Gasteiger partial charge in [-0.2, -0.15) is 0 Å². The molecule has 0 aliphatic carbocycles. The van der Waals surface area contributed by atoms with Gasteiger partial charge in [0.15, 0.2) is 17.0 Å². The number of hydrogen-bond acceptors (Lipinski definition) is 4. The summed E-state index contributed by atoms with van der Waals surface area (Å²) >= 11 is 1.43. The van der Waals surface area contributed by atoms with Gasteiger partial charge in [-0.1, -0.05) is 6.07 Å². The maximum Gasteiger partial charge on any atom is 0.170 e. The second kappa shape index (κ2) is 4.31. The van der Waals surface area contributed by atoms with Crippen LogP contribution in [0.4, 0.5) is 0 Å². The van der Waals surface area contributed by atoms with Crippen LogP contribution in [0.15, 0.2) is 23.6 Å². The van der Waals surface area contributed by atoms with E-state index in [0.717, 1.165) is 11.3 Å². The standard InChI is InChI=1S/C11H10NO2S/c1-13-10-5-3-4-8(11(10)14-2)9-6-15-7-12-9/h3-6H,1-2H3. The number of para-hydroxylation sites is 1. The number of ether oxygens (including phenoxy) is 2. The van der Waals surface area contributed by atoms with Gasteiger partial charge >= 0.3 is 0 Å². The van der Waals surface area contributed by atoms with Gasteiger partial charge in [0.25, 0.3) is 0 Å². The molecule has 0 bridgehead atoms.